The van der Waals surface area contributed by atoms with Crippen LogP contribution in [0.2, 0.25) is 10.0 Å². The van der Waals surface area contributed by atoms with Crippen LogP contribution in [0.3, 0.4) is 0 Å². The summed E-state index contributed by atoms with van der Waals surface area (Å²) in [5.74, 6) is 0.547. The van der Waals surface area contributed by atoms with Crippen molar-refractivity contribution in [1.29, 1.82) is 0 Å². The molecule has 0 saturated carbocycles. The van der Waals surface area contributed by atoms with Gasteiger partial charge in [-0.3, -0.25) is 14.9 Å². The number of ether oxygens (including phenoxy) is 2. The van der Waals surface area contributed by atoms with E-state index in [4.69, 9.17) is 32.7 Å². The zero-order valence-electron chi connectivity index (χ0n) is 18.3. The fourth-order valence-corrected chi connectivity index (χ4v) is 3.61. The Morgan fingerprint density at radius 3 is 2.63 bits per heavy atom. The van der Waals surface area contributed by atoms with Gasteiger partial charge in [-0.15, -0.1) is 0 Å². The summed E-state index contributed by atoms with van der Waals surface area (Å²) in [4.78, 5) is 23.8. The van der Waals surface area contributed by atoms with Crippen molar-refractivity contribution in [2.45, 2.75) is 13.7 Å². The number of hydrogen-bond acceptors (Lipinski definition) is 6. The van der Waals surface area contributed by atoms with Crippen LogP contribution >= 0.6 is 23.2 Å². The van der Waals surface area contributed by atoms with Crippen molar-refractivity contribution in [2.75, 3.05) is 5.32 Å². The highest BCUT2D eigenvalue weighted by Gasteiger charge is 2.17. The van der Waals surface area contributed by atoms with Crippen LogP contribution in [0.15, 0.2) is 72.9 Å². The largest absolute Gasteiger partial charge is 0.470 e. The minimum atomic E-state index is -0.571. The van der Waals surface area contributed by atoms with Gasteiger partial charge >= 0.3 is 0 Å². The van der Waals surface area contributed by atoms with Gasteiger partial charge in [-0.25, -0.2) is 4.68 Å². The van der Waals surface area contributed by atoms with Crippen molar-refractivity contribution >= 4 is 40.5 Å². The molecule has 11 heteroatoms. The first-order valence-corrected chi connectivity index (χ1v) is 11.0. The van der Waals surface area contributed by atoms with Gasteiger partial charge in [0.25, 0.3) is 11.6 Å². The van der Waals surface area contributed by atoms with Crippen molar-refractivity contribution in [3.05, 3.63) is 104 Å². The van der Waals surface area contributed by atoms with E-state index in [2.05, 4.69) is 10.4 Å². The average Bonchev–Trinajstić information content (AvgIpc) is 3.29. The molecule has 9 nitrogen and oxygen atoms in total. The van der Waals surface area contributed by atoms with E-state index in [1.165, 1.54) is 35.1 Å². The summed E-state index contributed by atoms with van der Waals surface area (Å²) in [7, 11) is 0. The van der Waals surface area contributed by atoms with Gasteiger partial charge < -0.3 is 14.8 Å². The second-order valence-corrected chi connectivity index (χ2v) is 8.20. The lowest BCUT2D eigenvalue weighted by molar-refractivity contribution is -0.384. The van der Waals surface area contributed by atoms with E-state index in [1.807, 2.05) is 0 Å². The zero-order valence-corrected chi connectivity index (χ0v) is 19.8. The van der Waals surface area contributed by atoms with Crippen LogP contribution in [0.5, 0.6) is 17.2 Å². The number of hydrogen-bond donors (Lipinski definition) is 1. The molecule has 0 fully saturated rings. The van der Waals surface area contributed by atoms with E-state index < -0.39 is 10.8 Å². The van der Waals surface area contributed by atoms with Gasteiger partial charge in [-0.2, -0.15) is 5.10 Å². The van der Waals surface area contributed by atoms with Crippen molar-refractivity contribution in [2.24, 2.45) is 0 Å². The summed E-state index contributed by atoms with van der Waals surface area (Å²) < 4.78 is 12.8. The number of anilines is 1. The first-order chi connectivity index (χ1) is 16.8. The Morgan fingerprint density at radius 1 is 1.09 bits per heavy atom. The topological polar surface area (TPSA) is 109 Å². The maximum atomic E-state index is 12.9. The Morgan fingerprint density at radius 2 is 1.89 bits per heavy atom. The summed E-state index contributed by atoms with van der Waals surface area (Å²) in [5.41, 5.74) is 0.849. The molecule has 0 radical (unpaired) electrons. The summed E-state index contributed by atoms with van der Waals surface area (Å²) >= 11 is 12.1. The van der Waals surface area contributed by atoms with E-state index in [1.54, 1.807) is 49.4 Å². The highest BCUT2D eigenvalue weighted by Crippen LogP contribution is 2.32. The maximum absolute atomic E-state index is 12.9. The van der Waals surface area contributed by atoms with Crippen LogP contribution < -0.4 is 14.8 Å². The van der Waals surface area contributed by atoms with Crippen molar-refractivity contribution < 1.29 is 19.2 Å². The molecule has 4 aromatic rings. The third-order valence-electron chi connectivity index (χ3n) is 4.85. The summed E-state index contributed by atoms with van der Waals surface area (Å²) in [6.07, 6.45) is 1.44. The van der Waals surface area contributed by atoms with Crippen LogP contribution in [0.25, 0.3) is 0 Å². The highest BCUT2D eigenvalue weighted by atomic mass is 35.5. The van der Waals surface area contributed by atoms with E-state index in [-0.39, 0.29) is 29.5 Å². The van der Waals surface area contributed by atoms with Gasteiger partial charge in [0, 0.05) is 23.4 Å². The SMILES string of the molecule is Cc1cc(Cl)ccc1Oc1cc(NC(=O)c2ccnn2COc2ccccc2Cl)cc([N+](=O)[O-])c1. The molecule has 0 aliphatic heterocycles. The first kappa shape index (κ1) is 24.1. The lowest BCUT2D eigenvalue weighted by atomic mass is 10.2. The zero-order chi connectivity index (χ0) is 24.9. The molecule has 1 aromatic heterocycles. The Hall–Kier alpha value is -4.08. The van der Waals surface area contributed by atoms with Gasteiger partial charge in [-0.1, -0.05) is 35.3 Å². The summed E-state index contributed by atoms with van der Waals surface area (Å²) in [6.45, 7) is 1.73. The first-order valence-electron chi connectivity index (χ1n) is 10.2. The van der Waals surface area contributed by atoms with Crippen LogP contribution in [0, 0.1) is 17.0 Å². The molecule has 35 heavy (non-hydrogen) atoms. The van der Waals surface area contributed by atoms with Crippen LogP contribution in [0.4, 0.5) is 11.4 Å². The third-order valence-corrected chi connectivity index (χ3v) is 5.40. The average molecular weight is 513 g/mol. The number of nitro groups is 1. The molecule has 1 amide bonds. The number of non-ortho nitro benzene ring substituents is 1. The van der Waals surface area contributed by atoms with E-state index in [9.17, 15) is 14.9 Å². The minimum absolute atomic E-state index is 0.0708. The molecule has 3 aromatic carbocycles. The predicted octanol–water partition coefficient (Wildman–Crippen LogP) is 6.49. The number of benzene rings is 3. The lowest BCUT2D eigenvalue weighted by Gasteiger charge is -2.12. The molecule has 0 saturated heterocycles. The van der Waals surface area contributed by atoms with Crippen molar-refractivity contribution in [1.82, 2.24) is 9.78 Å². The number of rotatable bonds is 8. The minimum Gasteiger partial charge on any atom is -0.470 e. The van der Waals surface area contributed by atoms with E-state index in [0.717, 1.165) is 5.56 Å². The number of aromatic nitrogens is 2. The fraction of sp³-hybridized carbons (Fsp3) is 0.0833. The standard InChI is InChI=1S/C24H18Cl2N4O5/c1-15-10-16(25)6-7-22(15)35-19-12-17(11-18(13-19)30(32)33)28-24(31)21-8-9-27-29(21)14-34-23-5-3-2-4-20(23)26/h2-13H,14H2,1H3,(H,28,31). The number of nitro benzene ring substituents is 1. The molecule has 0 aliphatic rings. The number of amides is 1. The molecule has 0 bridgehead atoms. The number of halogens is 2. The molecule has 178 valence electrons. The van der Waals surface area contributed by atoms with Crippen LogP contribution in [-0.2, 0) is 6.73 Å². The number of carbonyl (C=O) groups is 1. The van der Waals surface area contributed by atoms with Gasteiger partial charge in [-0.05, 0) is 48.9 Å². The molecule has 1 heterocycles. The molecular weight excluding hydrogens is 495 g/mol. The molecule has 0 atom stereocenters. The highest BCUT2D eigenvalue weighted by molar-refractivity contribution is 6.32. The number of nitrogens with zero attached hydrogens (tertiary/aromatic N) is 3. The third kappa shape index (κ3) is 5.89. The quantitative estimate of drug-likeness (QED) is 0.213. The molecule has 4 rings (SSSR count). The van der Waals surface area contributed by atoms with Gasteiger partial charge in [0.05, 0.1) is 21.7 Å². The summed E-state index contributed by atoms with van der Waals surface area (Å²) in [6, 6.07) is 17.4. The second-order valence-electron chi connectivity index (χ2n) is 7.36. The molecule has 0 aliphatic carbocycles. The Bertz CT molecular complexity index is 1410. The summed E-state index contributed by atoms with van der Waals surface area (Å²) in [5, 5.41) is 19.2. The van der Waals surface area contributed by atoms with Gasteiger partial charge in [0.1, 0.15) is 22.9 Å². The maximum Gasteiger partial charge on any atom is 0.275 e. The molecule has 1 N–H and O–H groups in total. The normalized spacial score (nSPS) is 10.6. The fourth-order valence-electron chi connectivity index (χ4n) is 3.19. The van der Waals surface area contributed by atoms with Crippen molar-refractivity contribution in [3.63, 3.8) is 0 Å². The number of para-hydroxylation sites is 1. The van der Waals surface area contributed by atoms with Gasteiger partial charge in [0.15, 0.2) is 6.73 Å². The second kappa shape index (κ2) is 10.5. The van der Waals surface area contributed by atoms with Crippen LogP contribution in [-0.4, -0.2) is 20.6 Å². The number of nitrogens with one attached hydrogen (secondary N) is 1. The number of carbonyl (C=O) groups excluding carboxylic acids is 1. The van der Waals surface area contributed by atoms with Crippen molar-refractivity contribution in [3.8, 4) is 17.2 Å². The smallest absolute Gasteiger partial charge is 0.275 e. The Kier molecular flexibility index (Phi) is 7.19. The Balaban J connectivity index is 1.54. The van der Waals surface area contributed by atoms with E-state index >= 15 is 0 Å². The lowest BCUT2D eigenvalue weighted by Crippen LogP contribution is -2.19. The van der Waals surface area contributed by atoms with Crippen LogP contribution in [0.1, 0.15) is 16.1 Å². The monoisotopic (exact) mass is 512 g/mol. The van der Waals surface area contributed by atoms with Gasteiger partial charge in [0.2, 0.25) is 0 Å². The Labute approximate surface area is 210 Å². The molecule has 0 unspecified atom stereocenters. The molecule has 0 spiro atoms. The van der Waals surface area contributed by atoms with E-state index in [0.29, 0.717) is 21.5 Å². The number of aryl methyl sites for hydroxylation is 1. The predicted molar refractivity (Wildman–Crippen MR) is 132 cm³/mol. The molecular formula is C24H18Cl2N4O5.